The smallest absolute Gasteiger partial charge is 0.254 e. The Morgan fingerprint density at radius 2 is 1.88 bits per heavy atom. The van der Waals surface area contributed by atoms with E-state index in [4.69, 9.17) is 18.9 Å². The second kappa shape index (κ2) is 9.27. The summed E-state index contributed by atoms with van der Waals surface area (Å²) < 4.78 is 22.5. The fourth-order valence-electron chi connectivity index (χ4n) is 5.13. The van der Waals surface area contributed by atoms with Crippen LogP contribution in [0.4, 0.5) is 0 Å². The average molecular weight is 467 g/mol. The van der Waals surface area contributed by atoms with Crippen molar-refractivity contribution in [3.8, 4) is 11.5 Å². The first-order valence-electron chi connectivity index (χ1n) is 11.7. The van der Waals surface area contributed by atoms with E-state index in [0.717, 1.165) is 16.9 Å². The lowest BCUT2D eigenvalue weighted by Crippen LogP contribution is -2.30. The van der Waals surface area contributed by atoms with Crippen LogP contribution in [0.25, 0.3) is 0 Å². The molecule has 8 nitrogen and oxygen atoms in total. The molecule has 2 heterocycles. The minimum Gasteiger partial charge on any atom is -0.491 e. The molecule has 2 amide bonds. The average Bonchev–Trinajstić information content (AvgIpc) is 3.15. The number of hydrogen-bond acceptors (Lipinski definition) is 6. The van der Waals surface area contributed by atoms with Crippen molar-refractivity contribution in [3.05, 3.63) is 58.7 Å². The van der Waals surface area contributed by atoms with Crippen LogP contribution in [-0.4, -0.2) is 64.5 Å². The van der Waals surface area contributed by atoms with Crippen molar-refractivity contribution in [1.82, 2.24) is 10.6 Å². The Morgan fingerprint density at radius 3 is 2.62 bits per heavy atom. The second-order valence-corrected chi connectivity index (χ2v) is 9.10. The van der Waals surface area contributed by atoms with Gasteiger partial charge in [0, 0.05) is 49.1 Å². The van der Waals surface area contributed by atoms with E-state index in [1.54, 1.807) is 20.2 Å². The highest BCUT2D eigenvalue weighted by Gasteiger charge is 2.54. The Hall–Kier alpha value is -3.10. The van der Waals surface area contributed by atoms with Crippen LogP contribution in [0.15, 0.2) is 36.4 Å². The van der Waals surface area contributed by atoms with E-state index in [-0.39, 0.29) is 29.9 Å². The first-order chi connectivity index (χ1) is 16.5. The molecular formula is C26H30N2O6. The number of amides is 2. The Balaban J connectivity index is 1.47. The van der Waals surface area contributed by atoms with E-state index in [1.807, 2.05) is 37.3 Å². The summed E-state index contributed by atoms with van der Waals surface area (Å²) in [5.74, 6) is 1.44. The summed E-state index contributed by atoms with van der Waals surface area (Å²) in [6, 6.07) is 11.5. The van der Waals surface area contributed by atoms with Crippen molar-refractivity contribution in [2.75, 3.05) is 40.6 Å². The number of benzene rings is 2. The summed E-state index contributed by atoms with van der Waals surface area (Å²) in [6.07, 6.45) is -0.217. The molecule has 1 saturated carbocycles. The molecule has 180 valence electrons. The third-order valence-corrected chi connectivity index (χ3v) is 6.98. The first kappa shape index (κ1) is 22.7. The molecule has 0 unspecified atom stereocenters. The van der Waals surface area contributed by atoms with Gasteiger partial charge in [-0.05, 0) is 36.8 Å². The minimum absolute atomic E-state index is 0.143. The Bertz CT molecular complexity index is 1090. The molecule has 2 aromatic carbocycles. The molecular weight excluding hydrogens is 436 g/mol. The highest BCUT2D eigenvalue weighted by molar-refractivity contribution is 6.02. The fraction of sp³-hybridized carbons (Fsp3) is 0.462. The van der Waals surface area contributed by atoms with Gasteiger partial charge < -0.3 is 29.6 Å². The van der Waals surface area contributed by atoms with Crippen molar-refractivity contribution < 1.29 is 28.5 Å². The van der Waals surface area contributed by atoms with Gasteiger partial charge in [-0.1, -0.05) is 12.1 Å². The van der Waals surface area contributed by atoms with Crippen LogP contribution in [0.2, 0.25) is 0 Å². The molecule has 8 heteroatoms. The summed E-state index contributed by atoms with van der Waals surface area (Å²) in [4.78, 5) is 25.9. The molecule has 5 atom stereocenters. The summed E-state index contributed by atoms with van der Waals surface area (Å²) in [7, 11) is 3.21. The number of methoxy groups -OCH3 is 1. The van der Waals surface area contributed by atoms with Crippen LogP contribution in [0.1, 0.15) is 44.7 Å². The molecule has 2 aliphatic heterocycles. The lowest BCUT2D eigenvalue weighted by molar-refractivity contribution is 0.0928. The normalized spacial score (nSPS) is 26.3. The maximum Gasteiger partial charge on any atom is 0.254 e. The van der Waals surface area contributed by atoms with Gasteiger partial charge in [0.05, 0.1) is 25.4 Å². The zero-order valence-electron chi connectivity index (χ0n) is 19.6. The van der Waals surface area contributed by atoms with Gasteiger partial charge in [-0.3, -0.25) is 9.59 Å². The van der Waals surface area contributed by atoms with Crippen molar-refractivity contribution in [1.29, 1.82) is 0 Å². The highest BCUT2D eigenvalue weighted by atomic mass is 16.5. The third-order valence-electron chi connectivity index (χ3n) is 6.98. The number of fused-ring (bicyclic) bond motifs is 2. The highest BCUT2D eigenvalue weighted by Crippen LogP contribution is 2.46. The van der Waals surface area contributed by atoms with E-state index in [2.05, 4.69) is 10.6 Å². The number of carbonyl (C=O) groups is 2. The SMILES string of the molecule is CNC(=O)c1cc(C(=O)N[C@H]2[C@@H]3COC[C@@H]32)cc2c1O[C@@H](C)[C@@H]2c1cccc(OCCOC)c1. The van der Waals surface area contributed by atoms with Gasteiger partial charge in [-0.15, -0.1) is 0 Å². The molecule has 3 aliphatic rings. The minimum atomic E-state index is -0.285. The number of nitrogens with one attached hydrogen (secondary N) is 2. The number of carbonyl (C=O) groups excluding carboxylic acids is 2. The van der Waals surface area contributed by atoms with Crippen LogP contribution < -0.4 is 20.1 Å². The van der Waals surface area contributed by atoms with E-state index in [1.165, 1.54) is 0 Å². The maximum atomic E-state index is 13.2. The van der Waals surface area contributed by atoms with Crippen molar-refractivity contribution in [3.63, 3.8) is 0 Å². The Labute approximate surface area is 198 Å². The van der Waals surface area contributed by atoms with Crippen LogP contribution in [0.3, 0.4) is 0 Å². The zero-order chi connectivity index (χ0) is 23.8. The number of ether oxygens (including phenoxy) is 4. The third kappa shape index (κ3) is 4.12. The maximum absolute atomic E-state index is 13.2. The predicted octanol–water partition coefficient (Wildman–Crippen LogP) is 2.36. The van der Waals surface area contributed by atoms with Gasteiger partial charge in [0.25, 0.3) is 11.8 Å². The predicted molar refractivity (Wildman–Crippen MR) is 125 cm³/mol. The second-order valence-electron chi connectivity index (χ2n) is 9.10. The Morgan fingerprint density at radius 1 is 1.09 bits per heavy atom. The molecule has 0 bridgehead atoms. The monoisotopic (exact) mass is 466 g/mol. The van der Waals surface area contributed by atoms with Gasteiger partial charge >= 0.3 is 0 Å². The molecule has 2 aromatic rings. The topological polar surface area (TPSA) is 95.1 Å². The summed E-state index contributed by atoms with van der Waals surface area (Å²) >= 11 is 0. The molecule has 2 N–H and O–H groups in total. The van der Waals surface area contributed by atoms with Gasteiger partial charge in [0.1, 0.15) is 24.2 Å². The van der Waals surface area contributed by atoms with E-state index in [9.17, 15) is 9.59 Å². The summed E-state index contributed by atoms with van der Waals surface area (Å²) in [6.45, 7) is 4.31. The van der Waals surface area contributed by atoms with Crippen molar-refractivity contribution in [2.45, 2.75) is 25.0 Å². The van der Waals surface area contributed by atoms with E-state index in [0.29, 0.717) is 55.1 Å². The molecule has 1 aliphatic carbocycles. The molecule has 34 heavy (non-hydrogen) atoms. The molecule has 0 aromatic heterocycles. The first-order valence-corrected chi connectivity index (χ1v) is 11.7. The molecule has 0 radical (unpaired) electrons. The van der Waals surface area contributed by atoms with Gasteiger partial charge in [0.15, 0.2) is 0 Å². The lowest BCUT2D eigenvalue weighted by Gasteiger charge is -2.17. The quantitative estimate of drug-likeness (QED) is 0.580. The van der Waals surface area contributed by atoms with Gasteiger partial charge in [-0.2, -0.15) is 0 Å². The fourth-order valence-corrected chi connectivity index (χ4v) is 5.13. The standard InChI is InChI=1S/C26H30N2O6/c1-14-22(15-5-4-6-17(9-15)33-8-7-31-3)18-10-16(11-19(24(18)34-14)26(30)27-2)25(29)28-23-20-12-32-13-21(20)23/h4-6,9-11,14,20-23H,7-8,12-13H2,1-3H3,(H,27,30)(H,28,29)/t14-,20-,21+,22+,23+/m0/s1. The molecule has 1 saturated heterocycles. The van der Waals surface area contributed by atoms with Gasteiger partial charge in [0.2, 0.25) is 0 Å². The van der Waals surface area contributed by atoms with E-state index >= 15 is 0 Å². The number of hydrogen-bond donors (Lipinski definition) is 2. The molecule has 5 rings (SSSR count). The van der Waals surface area contributed by atoms with Crippen LogP contribution in [-0.2, 0) is 9.47 Å². The lowest BCUT2D eigenvalue weighted by atomic mass is 9.86. The van der Waals surface area contributed by atoms with Crippen LogP contribution in [0, 0.1) is 11.8 Å². The van der Waals surface area contributed by atoms with Crippen LogP contribution in [0.5, 0.6) is 11.5 Å². The van der Waals surface area contributed by atoms with Crippen molar-refractivity contribution >= 4 is 11.8 Å². The zero-order valence-corrected chi connectivity index (χ0v) is 19.6. The molecule has 0 spiro atoms. The van der Waals surface area contributed by atoms with Gasteiger partial charge in [-0.25, -0.2) is 0 Å². The van der Waals surface area contributed by atoms with Crippen molar-refractivity contribution in [2.24, 2.45) is 11.8 Å². The molecule has 2 fully saturated rings. The summed E-state index contributed by atoms with van der Waals surface area (Å²) in [5.41, 5.74) is 2.65. The van der Waals surface area contributed by atoms with E-state index < -0.39 is 0 Å². The Kier molecular flexibility index (Phi) is 6.18. The number of rotatable bonds is 8. The van der Waals surface area contributed by atoms with Crippen LogP contribution >= 0.6 is 0 Å². The summed E-state index contributed by atoms with van der Waals surface area (Å²) in [5, 5.41) is 5.80. The largest absolute Gasteiger partial charge is 0.491 e.